The molecule has 0 N–H and O–H groups in total. The van der Waals surface area contributed by atoms with E-state index in [4.69, 9.17) is 21.1 Å². The first-order valence-electron chi connectivity index (χ1n) is 7.57. The zero-order valence-corrected chi connectivity index (χ0v) is 15.0. The minimum absolute atomic E-state index is 0.282. The highest BCUT2D eigenvalue weighted by Gasteiger charge is 2.32. The number of carbonyl (C=O) groups excluding carboxylic acids is 2. The number of halogens is 1. The zero-order chi connectivity index (χ0) is 17.9. The van der Waals surface area contributed by atoms with E-state index in [-0.39, 0.29) is 12.5 Å². The highest BCUT2D eigenvalue weighted by atomic mass is 35.5. The molecule has 130 valence electrons. The first kappa shape index (κ1) is 18.3. The quantitative estimate of drug-likeness (QED) is 0.615. The molecule has 1 aromatic heterocycles. The van der Waals surface area contributed by atoms with E-state index >= 15 is 0 Å². The lowest BCUT2D eigenvalue weighted by molar-refractivity contribution is -0.157. The van der Waals surface area contributed by atoms with Crippen molar-refractivity contribution in [1.82, 2.24) is 9.88 Å². The van der Waals surface area contributed by atoms with Gasteiger partial charge in [-0.15, -0.1) is 0 Å². The minimum Gasteiger partial charge on any atom is -0.480 e. The maximum atomic E-state index is 12.3. The van der Waals surface area contributed by atoms with Crippen LogP contribution in [0.4, 0.5) is 0 Å². The van der Waals surface area contributed by atoms with E-state index < -0.39 is 11.5 Å². The molecule has 1 aliphatic heterocycles. The van der Waals surface area contributed by atoms with Crippen LogP contribution in [0.15, 0.2) is 18.2 Å². The van der Waals surface area contributed by atoms with Crippen molar-refractivity contribution in [2.24, 2.45) is 5.41 Å². The van der Waals surface area contributed by atoms with Gasteiger partial charge in [-0.2, -0.15) is 0 Å². The molecule has 7 heteroatoms. The van der Waals surface area contributed by atoms with Crippen molar-refractivity contribution in [3.8, 4) is 5.88 Å². The summed E-state index contributed by atoms with van der Waals surface area (Å²) in [6.45, 7) is 6.05. The van der Waals surface area contributed by atoms with E-state index in [2.05, 4.69) is 4.98 Å². The van der Waals surface area contributed by atoms with Gasteiger partial charge in [0.25, 0.3) is 0 Å². The number of ether oxygens (including phenoxy) is 2. The van der Waals surface area contributed by atoms with E-state index in [9.17, 15) is 9.59 Å². The second-order valence-corrected chi connectivity index (χ2v) is 6.96. The van der Waals surface area contributed by atoms with Crippen molar-refractivity contribution >= 4 is 29.6 Å². The number of methoxy groups -OCH3 is 1. The summed E-state index contributed by atoms with van der Waals surface area (Å²) in [4.78, 5) is 29.2. The summed E-state index contributed by atoms with van der Waals surface area (Å²) in [6, 6.07) is 3.42. The van der Waals surface area contributed by atoms with Crippen LogP contribution in [0.5, 0.6) is 5.88 Å². The van der Waals surface area contributed by atoms with Crippen LogP contribution in [0.25, 0.3) is 5.57 Å². The third kappa shape index (κ3) is 4.06. The van der Waals surface area contributed by atoms with E-state index in [0.29, 0.717) is 23.1 Å². The van der Waals surface area contributed by atoms with Gasteiger partial charge < -0.3 is 14.4 Å². The van der Waals surface area contributed by atoms with Gasteiger partial charge >= 0.3 is 5.97 Å². The number of nitrogens with zero attached hydrogens (tertiary/aromatic N) is 2. The van der Waals surface area contributed by atoms with Crippen molar-refractivity contribution < 1.29 is 19.1 Å². The highest BCUT2D eigenvalue weighted by Crippen LogP contribution is 2.30. The Labute approximate surface area is 146 Å². The van der Waals surface area contributed by atoms with Gasteiger partial charge in [-0.1, -0.05) is 17.7 Å². The van der Waals surface area contributed by atoms with E-state index in [0.717, 1.165) is 12.0 Å². The molecule has 0 aromatic carbocycles. The molecular formula is C17H21ClN2O4. The first-order valence-corrected chi connectivity index (χ1v) is 7.95. The van der Waals surface area contributed by atoms with Gasteiger partial charge in [0, 0.05) is 12.1 Å². The van der Waals surface area contributed by atoms with Gasteiger partial charge in [0.1, 0.15) is 11.1 Å². The van der Waals surface area contributed by atoms with E-state index in [1.165, 1.54) is 12.0 Å². The Morgan fingerprint density at radius 2 is 2.12 bits per heavy atom. The molecule has 0 saturated carbocycles. The lowest BCUT2D eigenvalue weighted by atomic mass is 9.96. The number of pyridine rings is 1. The molecule has 0 spiro atoms. The summed E-state index contributed by atoms with van der Waals surface area (Å²) in [5.41, 5.74) is 0.703. The van der Waals surface area contributed by atoms with Crippen LogP contribution in [-0.4, -0.2) is 48.6 Å². The smallest absolute Gasteiger partial charge is 0.311 e. The molecule has 0 fully saturated rings. The number of aromatic nitrogens is 1. The summed E-state index contributed by atoms with van der Waals surface area (Å²) in [5, 5.41) is 0.399. The lowest BCUT2D eigenvalue weighted by Crippen LogP contribution is -2.41. The SMILES string of the molecule is COc1nc(C2=CCN(C=O)C[C@@H]2OC(=O)C(C)(C)C)ccc1Cl. The Balaban J connectivity index is 2.35. The summed E-state index contributed by atoms with van der Waals surface area (Å²) in [7, 11) is 1.48. The van der Waals surface area contributed by atoms with Crippen LogP contribution in [0.2, 0.25) is 5.02 Å². The molecule has 0 saturated heterocycles. The monoisotopic (exact) mass is 352 g/mol. The summed E-state index contributed by atoms with van der Waals surface area (Å²) < 4.78 is 10.8. The molecule has 0 aliphatic carbocycles. The summed E-state index contributed by atoms with van der Waals surface area (Å²) in [6.07, 6.45) is 1.98. The molecule has 24 heavy (non-hydrogen) atoms. The average Bonchev–Trinajstić information content (AvgIpc) is 2.54. The molecule has 0 radical (unpaired) electrons. The molecule has 1 aliphatic rings. The molecule has 1 aromatic rings. The molecule has 2 heterocycles. The largest absolute Gasteiger partial charge is 0.480 e. The zero-order valence-electron chi connectivity index (χ0n) is 14.2. The number of hydrogen-bond donors (Lipinski definition) is 0. The highest BCUT2D eigenvalue weighted by molar-refractivity contribution is 6.31. The fourth-order valence-corrected chi connectivity index (χ4v) is 2.41. The van der Waals surface area contributed by atoms with Gasteiger partial charge in [-0.25, -0.2) is 4.98 Å². The second-order valence-electron chi connectivity index (χ2n) is 6.55. The van der Waals surface area contributed by atoms with Crippen molar-refractivity contribution in [2.45, 2.75) is 26.9 Å². The van der Waals surface area contributed by atoms with Crippen LogP contribution in [0.1, 0.15) is 26.5 Å². The van der Waals surface area contributed by atoms with Gasteiger partial charge in [0.2, 0.25) is 12.3 Å². The van der Waals surface area contributed by atoms with Gasteiger partial charge in [0.05, 0.1) is 24.8 Å². The Bertz CT molecular complexity index is 667. The van der Waals surface area contributed by atoms with Gasteiger partial charge in [-0.05, 0) is 32.9 Å². The topological polar surface area (TPSA) is 68.7 Å². The number of esters is 1. The molecule has 1 amide bonds. The van der Waals surface area contributed by atoms with Crippen molar-refractivity contribution in [1.29, 1.82) is 0 Å². The van der Waals surface area contributed by atoms with E-state index in [1.807, 2.05) is 6.08 Å². The van der Waals surface area contributed by atoms with Crippen LogP contribution in [0.3, 0.4) is 0 Å². The van der Waals surface area contributed by atoms with Crippen molar-refractivity contribution in [2.75, 3.05) is 20.2 Å². The number of rotatable bonds is 4. The molecule has 2 rings (SSSR count). The fourth-order valence-electron chi connectivity index (χ4n) is 2.22. The minimum atomic E-state index is -0.639. The predicted molar refractivity (Wildman–Crippen MR) is 90.7 cm³/mol. The Hall–Kier alpha value is -2.08. The van der Waals surface area contributed by atoms with Crippen molar-refractivity contribution in [3.63, 3.8) is 0 Å². The fraction of sp³-hybridized carbons (Fsp3) is 0.471. The molecule has 6 nitrogen and oxygen atoms in total. The third-order valence-electron chi connectivity index (χ3n) is 3.61. The second kappa shape index (κ2) is 7.21. The normalized spacial score (nSPS) is 18.0. The summed E-state index contributed by atoms with van der Waals surface area (Å²) in [5.74, 6) is -0.0409. The Kier molecular flexibility index (Phi) is 5.49. The number of amides is 1. The van der Waals surface area contributed by atoms with Crippen LogP contribution in [0, 0.1) is 5.41 Å². The number of hydrogen-bond acceptors (Lipinski definition) is 5. The standard InChI is InChI=1S/C17H21ClN2O4/c1-17(2,3)16(22)24-14-9-20(10-21)8-7-11(14)13-6-5-12(18)15(19-13)23-4/h5-7,10,14H,8-9H2,1-4H3/t14-/m0/s1. The Morgan fingerprint density at radius 1 is 1.42 bits per heavy atom. The maximum Gasteiger partial charge on any atom is 0.311 e. The third-order valence-corrected chi connectivity index (χ3v) is 3.89. The van der Waals surface area contributed by atoms with Crippen molar-refractivity contribution in [3.05, 3.63) is 28.9 Å². The molecule has 0 unspecified atom stereocenters. The van der Waals surface area contributed by atoms with Gasteiger partial charge in [-0.3, -0.25) is 9.59 Å². The van der Waals surface area contributed by atoms with Crippen LogP contribution < -0.4 is 4.74 Å². The molecular weight excluding hydrogens is 332 g/mol. The predicted octanol–water partition coefficient (Wildman–Crippen LogP) is 2.56. The lowest BCUT2D eigenvalue weighted by Gasteiger charge is -2.32. The van der Waals surface area contributed by atoms with E-state index in [1.54, 1.807) is 32.9 Å². The Morgan fingerprint density at radius 3 is 2.71 bits per heavy atom. The van der Waals surface area contributed by atoms with Gasteiger partial charge in [0.15, 0.2) is 0 Å². The number of carbonyl (C=O) groups is 2. The molecule has 0 bridgehead atoms. The van der Waals surface area contributed by atoms with Crippen LogP contribution in [-0.2, 0) is 14.3 Å². The first-order chi connectivity index (χ1) is 11.3. The summed E-state index contributed by atoms with van der Waals surface area (Å²) >= 11 is 6.01. The maximum absolute atomic E-state index is 12.3. The molecule has 1 atom stereocenters. The van der Waals surface area contributed by atoms with Crippen LogP contribution >= 0.6 is 11.6 Å². The average molecular weight is 353 g/mol.